The van der Waals surface area contributed by atoms with E-state index in [0.717, 1.165) is 11.3 Å². The summed E-state index contributed by atoms with van der Waals surface area (Å²) in [5.41, 5.74) is 2.24. The van der Waals surface area contributed by atoms with Crippen molar-refractivity contribution in [2.45, 2.75) is 25.2 Å². The Hall–Kier alpha value is -1.26. The molecule has 0 aliphatic heterocycles. The van der Waals surface area contributed by atoms with Crippen molar-refractivity contribution >= 4 is 17.7 Å². The predicted octanol–water partition coefficient (Wildman–Crippen LogP) is 3.19. The van der Waals surface area contributed by atoms with Gasteiger partial charge in [0.15, 0.2) is 0 Å². The minimum absolute atomic E-state index is 0.0727. The molecule has 0 atom stereocenters. The molecule has 4 heteroatoms. The van der Waals surface area contributed by atoms with E-state index in [1.165, 1.54) is 10.5 Å². The monoisotopic (exact) mass is 293 g/mol. The molecule has 0 aliphatic rings. The van der Waals surface area contributed by atoms with E-state index in [-0.39, 0.29) is 5.91 Å². The second-order valence-electron chi connectivity index (χ2n) is 4.77. The van der Waals surface area contributed by atoms with Crippen LogP contribution in [0.25, 0.3) is 0 Å². The van der Waals surface area contributed by atoms with Crippen molar-refractivity contribution in [1.29, 1.82) is 0 Å². The van der Waals surface area contributed by atoms with E-state index in [4.69, 9.17) is 4.74 Å². The third-order valence-electron chi connectivity index (χ3n) is 2.54. The predicted molar refractivity (Wildman–Crippen MR) is 85.2 cm³/mol. The first-order valence-electron chi connectivity index (χ1n) is 6.76. The largest absolute Gasteiger partial charge is 0.375 e. The number of ether oxygens (including phenoxy) is 1. The number of hydrogen-bond acceptors (Lipinski definition) is 3. The number of rotatable bonds is 9. The van der Waals surface area contributed by atoms with Crippen LogP contribution in [0.15, 0.2) is 41.3 Å². The van der Waals surface area contributed by atoms with E-state index in [2.05, 4.69) is 43.1 Å². The second kappa shape index (κ2) is 9.61. The molecule has 110 valence electrons. The molecular weight excluding hydrogens is 270 g/mol. The summed E-state index contributed by atoms with van der Waals surface area (Å²) < 4.78 is 5.31. The van der Waals surface area contributed by atoms with Crippen molar-refractivity contribution in [1.82, 2.24) is 5.32 Å². The van der Waals surface area contributed by atoms with Gasteiger partial charge in [-0.1, -0.05) is 29.8 Å². The van der Waals surface area contributed by atoms with Crippen LogP contribution >= 0.6 is 11.8 Å². The zero-order valence-electron chi connectivity index (χ0n) is 12.3. The molecule has 0 spiro atoms. The first kappa shape index (κ1) is 16.8. The van der Waals surface area contributed by atoms with Crippen LogP contribution in [-0.2, 0) is 9.53 Å². The van der Waals surface area contributed by atoms with Crippen LogP contribution in [-0.4, -0.2) is 31.4 Å². The third-order valence-corrected chi connectivity index (χ3v) is 3.55. The maximum atomic E-state index is 11.6. The fraction of sp³-hybridized carbons (Fsp3) is 0.438. The molecule has 1 aromatic rings. The summed E-state index contributed by atoms with van der Waals surface area (Å²) in [6.07, 6.45) is 0.527. The fourth-order valence-electron chi connectivity index (χ4n) is 1.49. The van der Waals surface area contributed by atoms with Crippen molar-refractivity contribution in [2.75, 3.05) is 25.5 Å². The van der Waals surface area contributed by atoms with Gasteiger partial charge in [0.1, 0.15) is 0 Å². The van der Waals surface area contributed by atoms with Gasteiger partial charge in [-0.2, -0.15) is 0 Å². The fourth-order valence-corrected chi connectivity index (χ4v) is 2.35. The number of hydrogen-bond donors (Lipinski definition) is 1. The minimum atomic E-state index is 0.0727. The van der Waals surface area contributed by atoms with Crippen LogP contribution in [0.5, 0.6) is 0 Å². The Morgan fingerprint density at radius 3 is 2.70 bits per heavy atom. The number of aryl methyl sites for hydroxylation is 1. The van der Waals surface area contributed by atoms with Gasteiger partial charge in [-0.15, -0.1) is 11.8 Å². The highest BCUT2D eigenvalue weighted by molar-refractivity contribution is 7.99. The smallest absolute Gasteiger partial charge is 0.220 e. The number of amides is 1. The Morgan fingerprint density at radius 2 is 2.05 bits per heavy atom. The summed E-state index contributed by atoms with van der Waals surface area (Å²) in [5, 5.41) is 2.84. The van der Waals surface area contributed by atoms with Crippen LogP contribution in [0.4, 0.5) is 0 Å². The summed E-state index contributed by atoms with van der Waals surface area (Å²) in [4.78, 5) is 12.8. The van der Waals surface area contributed by atoms with Crippen molar-refractivity contribution in [3.8, 4) is 0 Å². The summed E-state index contributed by atoms with van der Waals surface area (Å²) in [5.74, 6) is 0.866. The van der Waals surface area contributed by atoms with Gasteiger partial charge in [0.25, 0.3) is 0 Å². The van der Waals surface area contributed by atoms with Gasteiger partial charge in [0.05, 0.1) is 13.2 Å². The molecule has 0 unspecified atom stereocenters. The average Bonchev–Trinajstić information content (AvgIpc) is 2.40. The van der Waals surface area contributed by atoms with Crippen molar-refractivity contribution in [3.63, 3.8) is 0 Å². The molecule has 0 bridgehead atoms. The molecule has 0 heterocycles. The first-order chi connectivity index (χ1) is 9.58. The Labute approximate surface area is 125 Å². The van der Waals surface area contributed by atoms with Gasteiger partial charge in [-0.05, 0) is 26.0 Å². The first-order valence-corrected chi connectivity index (χ1v) is 7.75. The Balaban J connectivity index is 2.05. The van der Waals surface area contributed by atoms with Gasteiger partial charge >= 0.3 is 0 Å². The Morgan fingerprint density at radius 1 is 1.35 bits per heavy atom. The molecule has 0 aromatic heterocycles. The lowest BCUT2D eigenvalue weighted by Crippen LogP contribution is -2.27. The van der Waals surface area contributed by atoms with Crippen molar-refractivity contribution < 1.29 is 9.53 Å². The number of nitrogens with one attached hydrogen (secondary N) is 1. The van der Waals surface area contributed by atoms with Gasteiger partial charge in [-0.3, -0.25) is 4.79 Å². The minimum Gasteiger partial charge on any atom is -0.375 e. The highest BCUT2D eigenvalue weighted by Gasteiger charge is 2.01. The molecule has 20 heavy (non-hydrogen) atoms. The molecule has 1 N–H and O–H groups in total. The molecule has 0 fully saturated rings. The van der Waals surface area contributed by atoms with Crippen LogP contribution in [0.3, 0.4) is 0 Å². The molecular formula is C16H23NO2S. The summed E-state index contributed by atoms with van der Waals surface area (Å²) >= 11 is 1.70. The molecule has 3 nitrogen and oxygen atoms in total. The Kier molecular flexibility index (Phi) is 8.07. The number of carbonyl (C=O) groups is 1. The van der Waals surface area contributed by atoms with Crippen LogP contribution in [0.2, 0.25) is 0 Å². The maximum absolute atomic E-state index is 11.6. The summed E-state index contributed by atoms with van der Waals surface area (Å²) in [6.45, 7) is 9.38. The molecule has 1 aromatic carbocycles. The van der Waals surface area contributed by atoms with Gasteiger partial charge in [-0.25, -0.2) is 0 Å². The lowest BCUT2D eigenvalue weighted by Gasteiger charge is -2.06. The molecule has 1 amide bonds. The van der Waals surface area contributed by atoms with E-state index < -0.39 is 0 Å². The van der Waals surface area contributed by atoms with E-state index >= 15 is 0 Å². The third kappa shape index (κ3) is 8.02. The van der Waals surface area contributed by atoms with Crippen molar-refractivity contribution in [2.24, 2.45) is 0 Å². The average molecular weight is 293 g/mol. The second-order valence-corrected chi connectivity index (χ2v) is 5.94. The van der Waals surface area contributed by atoms with E-state index in [1.54, 1.807) is 11.8 Å². The maximum Gasteiger partial charge on any atom is 0.220 e. The molecule has 0 saturated heterocycles. The lowest BCUT2D eigenvalue weighted by molar-refractivity contribution is -0.120. The zero-order valence-corrected chi connectivity index (χ0v) is 13.1. The SMILES string of the molecule is C=C(C)COCCNC(=O)CCSc1ccc(C)cc1. The summed E-state index contributed by atoms with van der Waals surface area (Å²) in [7, 11) is 0. The highest BCUT2D eigenvalue weighted by Crippen LogP contribution is 2.18. The standard InChI is InChI=1S/C16H23NO2S/c1-13(2)12-19-10-9-17-16(18)8-11-20-15-6-4-14(3)5-7-15/h4-7H,1,8-12H2,2-3H3,(H,17,18). The van der Waals surface area contributed by atoms with Gasteiger partial charge < -0.3 is 10.1 Å². The molecule has 1 rings (SSSR count). The van der Waals surface area contributed by atoms with Crippen LogP contribution < -0.4 is 5.32 Å². The van der Waals surface area contributed by atoms with Crippen molar-refractivity contribution in [3.05, 3.63) is 42.0 Å². The summed E-state index contributed by atoms with van der Waals surface area (Å²) in [6, 6.07) is 8.34. The van der Waals surface area contributed by atoms with E-state index in [0.29, 0.717) is 26.2 Å². The van der Waals surface area contributed by atoms with E-state index in [1.807, 2.05) is 6.92 Å². The molecule has 0 radical (unpaired) electrons. The topological polar surface area (TPSA) is 38.3 Å². The van der Waals surface area contributed by atoms with E-state index in [9.17, 15) is 4.79 Å². The van der Waals surface area contributed by atoms with Crippen LogP contribution in [0.1, 0.15) is 18.9 Å². The highest BCUT2D eigenvalue weighted by atomic mass is 32.2. The number of thioether (sulfide) groups is 1. The molecule has 0 aliphatic carbocycles. The lowest BCUT2D eigenvalue weighted by atomic mass is 10.2. The molecule has 0 saturated carbocycles. The Bertz CT molecular complexity index is 429. The normalized spacial score (nSPS) is 10.3. The number of carbonyl (C=O) groups excluding carboxylic acids is 1. The van der Waals surface area contributed by atoms with Crippen LogP contribution in [0, 0.1) is 6.92 Å². The zero-order chi connectivity index (χ0) is 14.8. The quantitative estimate of drug-likeness (QED) is 0.432. The van der Waals surface area contributed by atoms with Gasteiger partial charge in [0, 0.05) is 23.6 Å². The number of benzene rings is 1. The van der Waals surface area contributed by atoms with Gasteiger partial charge in [0.2, 0.25) is 5.91 Å².